The topological polar surface area (TPSA) is 39.2 Å². The minimum atomic E-state index is 0.136. The fourth-order valence-corrected chi connectivity index (χ4v) is 2.00. The van der Waals surface area contributed by atoms with Crippen molar-refractivity contribution in [3.8, 4) is 5.88 Å². The van der Waals surface area contributed by atoms with Crippen molar-refractivity contribution in [1.29, 1.82) is 0 Å². The molecule has 2 aromatic rings. The number of benzene rings is 1. The molecule has 2 rings (SSSR count). The van der Waals surface area contributed by atoms with Gasteiger partial charge in [0.15, 0.2) is 5.78 Å². The summed E-state index contributed by atoms with van der Waals surface area (Å²) < 4.78 is 5.27. The first-order valence-electron chi connectivity index (χ1n) is 6.20. The predicted octanol–water partition coefficient (Wildman–Crippen LogP) is 3.40. The molecule has 0 bridgehead atoms. The highest BCUT2D eigenvalue weighted by Gasteiger charge is 2.08. The van der Waals surface area contributed by atoms with Crippen LogP contribution in [-0.4, -0.2) is 17.9 Å². The van der Waals surface area contributed by atoms with Gasteiger partial charge in [-0.15, -0.1) is 0 Å². The summed E-state index contributed by atoms with van der Waals surface area (Å²) in [6.07, 6.45) is 1.39. The third-order valence-electron chi connectivity index (χ3n) is 3.07. The summed E-state index contributed by atoms with van der Waals surface area (Å²) in [5.41, 5.74) is 2.60. The van der Waals surface area contributed by atoms with Gasteiger partial charge in [-0.2, -0.15) is 0 Å². The van der Waals surface area contributed by atoms with Crippen LogP contribution in [0.25, 0.3) is 10.9 Å². The Kier molecular flexibility index (Phi) is 3.60. The molecule has 1 heterocycles. The fraction of sp³-hybridized carbons (Fsp3) is 0.333. The molecule has 0 radical (unpaired) electrons. The number of hydrogen-bond donors (Lipinski definition) is 0. The number of nitrogens with zero attached hydrogens (tertiary/aromatic N) is 1. The standard InChI is InChI=1S/C15H17NO2/c1-4-10-8-11-6-7-12(14(17)5-2)9-13(11)16-15(10)18-3/h6-9H,4-5H2,1-3H3. The van der Waals surface area contributed by atoms with Crippen LogP contribution in [-0.2, 0) is 6.42 Å². The monoisotopic (exact) mass is 243 g/mol. The number of ether oxygens (including phenoxy) is 1. The zero-order valence-electron chi connectivity index (χ0n) is 11.0. The van der Waals surface area contributed by atoms with Gasteiger partial charge in [0.05, 0.1) is 12.6 Å². The van der Waals surface area contributed by atoms with Gasteiger partial charge in [0.2, 0.25) is 5.88 Å². The Hall–Kier alpha value is -1.90. The molecule has 18 heavy (non-hydrogen) atoms. The number of carbonyl (C=O) groups excluding carboxylic acids is 1. The van der Waals surface area contributed by atoms with E-state index in [1.807, 2.05) is 25.1 Å². The summed E-state index contributed by atoms with van der Waals surface area (Å²) in [5, 5.41) is 1.04. The van der Waals surface area contributed by atoms with Crippen molar-refractivity contribution in [2.75, 3.05) is 7.11 Å². The Morgan fingerprint density at radius 1 is 1.28 bits per heavy atom. The summed E-state index contributed by atoms with van der Waals surface area (Å²) >= 11 is 0. The molecule has 94 valence electrons. The Bertz CT molecular complexity index is 590. The van der Waals surface area contributed by atoms with Crippen LogP contribution in [0.1, 0.15) is 36.2 Å². The van der Waals surface area contributed by atoms with Crippen LogP contribution in [0, 0.1) is 0 Å². The van der Waals surface area contributed by atoms with Gasteiger partial charge in [-0.3, -0.25) is 4.79 Å². The van der Waals surface area contributed by atoms with Crippen molar-refractivity contribution in [3.63, 3.8) is 0 Å². The van der Waals surface area contributed by atoms with Gasteiger partial charge in [0.25, 0.3) is 0 Å². The zero-order valence-corrected chi connectivity index (χ0v) is 11.0. The van der Waals surface area contributed by atoms with Crippen molar-refractivity contribution in [1.82, 2.24) is 4.98 Å². The lowest BCUT2D eigenvalue weighted by molar-refractivity contribution is 0.0988. The van der Waals surface area contributed by atoms with E-state index >= 15 is 0 Å². The fourth-order valence-electron chi connectivity index (χ4n) is 2.00. The molecule has 3 nitrogen and oxygen atoms in total. The molecule has 0 fully saturated rings. The van der Waals surface area contributed by atoms with Crippen LogP contribution in [0.3, 0.4) is 0 Å². The zero-order chi connectivity index (χ0) is 13.1. The number of Topliss-reactive ketones (excluding diaryl/α,β-unsaturated/α-hetero) is 1. The van der Waals surface area contributed by atoms with Crippen molar-refractivity contribution in [3.05, 3.63) is 35.4 Å². The number of fused-ring (bicyclic) bond motifs is 1. The summed E-state index contributed by atoms with van der Waals surface area (Å²) in [6.45, 7) is 3.93. The maximum absolute atomic E-state index is 11.7. The lowest BCUT2D eigenvalue weighted by atomic mass is 10.0. The van der Waals surface area contributed by atoms with Crippen LogP contribution < -0.4 is 4.74 Å². The number of ketones is 1. The molecule has 3 heteroatoms. The van der Waals surface area contributed by atoms with Gasteiger partial charge in [-0.05, 0) is 18.6 Å². The third kappa shape index (κ3) is 2.21. The van der Waals surface area contributed by atoms with Crippen LogP contribution in [0.15, 0.2) is 24.3 Å². The molecular formula is C15H17NO2. The molecule has 1 aromatic heterocycles. The van der Waals surface area contributed by atoms with E-state index in [4.69, 9.17) is 4.74 Å². The Morgan fingerprint density at radius 3 is 2.67 bits per heavy atom. The summed E-state index contributed by atoms with van der Waals surface area (Å²) in [6, 6.07) is 7.72. The molecule has 0 atom stereocenters. The lowest BCUT2D eigenvalue weighted by Gasteiger charge is -2.08. The second-order valence-electron chi connectivity index (χ2n) is 4.19. The van der Waals surface area contributed by atoms with Gasteiger partial charge in [-0.25, -0.2) is 4.98 Å². The third-order valence-corrected chi connectivity index (χ3v) is 3.07. The summed E-state index contributed by atoms with van der Waals surface area (Å²) in [4.78, 5) is 16.1. The van der Waals surface area contributed by atoms with Crippen molar-refractivity contribution in [2.24, 2.45) is 0 Å². The van der Waals surface area contributed by atoms with Crippen molar-refractivity contribution >= 4 is 16.7 Å². The van der Waals surface area contributed by atoms with Crippen LogP contribution >= 0.6 is 0 Å². The van der Waals surface area contributed by atoms with Crippen LogP contribution in [0.2, 0.25) is 0 Å². The van der Waals surface area contributed by atoms with Gasteiger partial charge < -0.3 is 4.74 Å². The average Bonchev–Trinajstić information content (AvgIpc) is 2.44. The van der Waals surface area contributed by atoms with Crippen molar-refractivity contribution < 1.29 is 9.53 Å². The van der Waals surface area contributed by atoms with Gasteiger partial charge >= 0.3 is 0 Å². The van der Waals surface area contributed by atoms with E-state index in [-0.39, 0.29) is 5.78 Å². The average molecular weight is 243 g/mol. The smallest absolute Gasteiger partial charge is 0.216 e. The first-order valence-corrected chi connectivity index (χ1v) is 6.20. The molecule has 0 amide bonds. The number of hydrogen-bond acceptors (Lipinski definition) is 3. The highest BCUT2D eigenvalue weighted by Crippen LogP contribution is 2.23. The molecule has 0 saturated heterocycles. The largest absolute Gasteiger partial charge is 0.481 e. The maximum atomic E-state index is 11.7. The first-order chi connectivity index (χ1) is 8.69. The minimum absolute atomic E-state index is 0.136. The number of aromatic nitrogens is 1. The van der Waals surface area contributed by atoms with Crippen LogP contribution in [0.4, 0.5) is 0 Å². The number of methoxy groups -OCH3 is 1. The maximum Gasteiger partial charge on any atom is 0.216 e. The second kappa shape index (κ2) is 5.17. The summed E-state index contributed by atoms with van der Waals surface area (Å²) in [7, 11) is 1.62. The molecule has 1 aromatic carbocycles. The van der Waals surface area contributed by atoms with E-state index in [0.717, 1.165) is 22.9 Å². The highest BCUT2D eigenvalue weighted by molar-refractivity contribution is 5.99. The summed E-state index contributed by atoms with van der Waals surface area (Å²) in [5.74, 6) is 0.781. The molecule has 0 saturated carbocycles. The van der Waals surface area contributed by atoms with Gasteiger partial charge in [-0.1, -0.05) is 26.0 Å². The molecule has 0 unspecified atom stereocenters. The molecule has 0 aliphatic rings. The van der Waals surface area contributed by atoms with Gasteiger partial charge in [0.1, 0.15) is 0 Å². The number of rotatable bonds is 4. The predicted molar refractivity (Wildman–Crippen MR) is 72.3 cm³/mol. The normalized spacial score (nSPS) is 10.6. The SMILES string of the molecule is CCC(=O)c1ccc2cc(CC)c(OC)nc2c1. The Balaban J connectivity index is 2.59. The Morgan fingerprint density at radius 2 is 2.06 bits per heavy atom. The minimum Gasteiger partial charge on any atom is -0.481 e. The molecule has 0 N–H and O–H groups in total. The van der Waals surface area contributed by atoms with E-state index in [1.165, 1.54) is 0 Å². The van der Waals surface area contributed by atoms with Gasteiger partial charge in [0, 0.05) is 22.9 Å². The second-order valence-corrected chi connectivity index (χ2v) is 4.19. The molecule has 0 spiro atoms. The Labute approximate surface area is 107 Å². The molecule has 0 aliphatic carbocycles. The van der Waals surface area contributed by atoms with E-state index in [2.05, 4.69) is 18.0 Å². The quantitative estimate of drug-likeness (QED) is 0.772. The highest BCUT2D eigenvalue weighted by atomic mass is 16.5. The van der Waals surface area contributed by atoms with Crippen molar-refractivity contribution in [2.45, 2.75) is 26.7 Å². The molecular weight excluding hydrogens is 226 g/mol. The van der Waals surface area contributed by atoms with E-state index in [9.17, 15) is 4.79 Å². The van der Waals surface area contributed by atoms with E-state index in [0.29, 0.717) is 17.9 Å². The lowest BCUT2D eigenvalue weighted by Crippen LogP contribution is -1.98. The first kappa shape index (κ1) is 12.6. The molecule has 0 aliphatic heterocycles. The van der Waals surface area contributed by atoms with Crippen LogP contribution in [0.5, 0.6) is 5.88 Å². The number of aryl methyl sites for hydroxylation is 1. The van der Waals surface area contributed by atoms with E-state index in [1.54, 1.807) is 7.11 Å². The van der Waals surface area contributed by atoms with E-state index < -0.39 is 0 Å². The number of carbonyl (C=O) groups is 1. The number of pyridine rings is 1.